The molecule has 59 heavy (non-hydrogen) atoms. The molecule has 1 aliphatic heterocycles. The van der Waals surface area contributed by atoms with E-state index in [1.807, 2.05) is 27.0 Å². The Morgan fingerprint density at radius 2 is 1.42 bits per heavy atom. The molecule has 8 rings (SSSR count). The highest BCUT2D eigenvalue weighted by molar-refractivity contribution is 6.13. The molecule has 0 bridgehead atoms. The Bertz CT molecular complexity index is 2760. The maximum absolute atomic E-state index is 13.5. The van der Waals surface area contributed by atoms with Gasteiger partial charge in [0.25, 0.3) is 0 Å². The minimum atomic E-state index is -0.504. The van der Waals surface area contributed by atoms with Gasteiger partial charge in [0, 0.05) is 56.2 Å². The lowest BCUT2D eigenvalue weighted by molar-refractivity contribution is -0.121. The predicted octanol–water partition coefficient (Wildman–Crippen LogP) is 14.8. The van der Waals surface area contributed by atoms with Crippen LogP contribution in [0.5, 0.6) is 0 Å². The molecule has 0 fully saturated rings. The number of hydrogen-bond acceptors (Lipinski definition) is 3. The lowest BCUT2D eigenvalue weighted by Crippen LogP contribution is -2.30. The van der Waals surface area contributed by atoms with E-state index in [4.69, 9.17) is 9.72 Å². The van der Waals surface area contributed by atoms with Crippen LogP contribution < -0.4 is 0 Å². The van der Waals surface area contributed by atoms with Crippen LogP contribution in [0.1, 0.15) is 112 Å². The minimum Gasteiger partial charge on any atom is -0.494 e. The smallest absolute Gasteiger partial charge is 0.164 e. The lowest BCUT2D eigenvalue weighted by atomic mass is 9.73. The Labute approximate surface area is 351 Å². The molecule has 0 saturated carbocycles. The number of allylic oxidation sites excluding steroid dienone is 2. The van der Waals surface area contributed by atoms with Crippen molar-refractivity contribution >= 4 is 38.4 Å². The summed E-state index contributed by atoms with van der Waals surface area (Å²) < 4.78 is 9.55. The third kappa shape index (κ3) is 6.99. The third-order valence-electron chi connectivity index (χ3n) is 13.1. The van der Waals surface area contributed by atoms with E-state index in [2.05, 4.69) is 169 Å². The molecule has 0 radical (unpaired) electrons. The Hall–Kier alpha value is -5.48. The molecule has 0 amide bonds. The summed E-state index contributed by atoms with van der Waals surface area (Å²) in [6.07, 6.45) is 5.48. The topological polar surface area (TPSA) is 44.1 Å². The second kappa shape index (κ2) is 15.0. The lowest BCUT2D eigenvalue weighted by Gasteiger charge is -2.36. The van der Waals surface area contributed by atoms with Gasteiger partial charge in [-0.1, -0.05) is 155 Å². The SMILES string of the molecule is CCC(CC)[C@H](c1ccc(-c2cc3c4c(c2)c2ccccc2n4-c2ccccc2C3(C)C)cc1-c1nccc2ccccc12)C(C)O/C(=C\C(=O)C(C)(C)C)C(C)(C)C. The van der Waals surface area contributed by atoms with Gasteiger partial charge < -0.3 is 9.30 Å². The number of nitrogens with zero attached hydrogens (tertiary/aromatic N) is 2. The molecule has 0 N–H and O–H groups in total. The number of rotatable bonds is 10. The van der Waals surface area contributed by atoms with Crippen molar-refractivity contribution in [2.45, 2.75) is 106 Å². The van der Waals surface area contributed by atoms with Crippen LogP contribution in [-0.4, -0.2) is 21.4 Å². The summed E-state index contributed by atoms with van der Waals surface area (Å²) >= 11 is 0. The Morgan fingerprint density at radius 1 is 0.746 bits per heavy atom. The molecule has 3 heterocycles. The van der Waals surface area contributed by atoms with Gasteiger partial charge in [0.15, 0.2) is 5.78 Å². The van der Waals surface area contributed by atoms with Crippen molar-refractivity contribution in [3.05, 3.63) is 144 Å². The number of benzene rings is 5. The molecule has 1 unspecified atom stereocenters. The quantitative estimate of drug-likeness (QED) is 0.103. The van der Waals surface area contributed by atoms with E-state index >= 15 is 0 Å². The summed E-state index contributed by atoms with van der Waals surface area (Å²) in [6, 6.07) is 40.4. The van der Waals surface area contributed by atoms with Gasteiger partial charge in [0.2, 0.25) is 0 Å². The van der Waals surface area contributed by atoms with Crippen molar-refractivity contribution in [1.82, 2.24) is 9.55 Å². The number of aromatic nitrogens is 2. The van der Waals surface area contributed by atoms with E-state index in [1.54, 1.807) is 6.08 Å². The second-order valence-electron chi connectivity index (χ2n) is 19.4. The van der Waals surface area contributed by atoms with E-state index in [9.17, 15) is 4.79 Å². The molecule has 0 aliphatic carbocycles. The molecule has 4 nitrogen and oxygen atoms in total. The summed E-state index contributed by atoms with van der Waals surface area (Å²) in [5.41, 5.74) is 11.0. The van der Waals surface area contributed by atoms with Crippen molar-refractivity contribution in [2.24, 2.45) is 16.7 Å². The normalized spacial score (nSPS) is 15.2. The fourth-order valence-electron chi connectivity index (χ4n) is 9.62. The zero-order chi connectivity index (χ0) is 42.0. The number of pyridine rings is 1. The Kier molecular flexibility index (Phi) is 10.2. The van der Waals surface area contributed by atoms with Crippen LogP contribution in [0.25, 0.3) is 60.6 Å². The maximum Gasteiger partial charge on any atom is 0.164 e. The third-order valence-corrected chi connectivity index (χ3v) is 13.1. The first kappa shape index (κ1) is 40.3. The fraction of sp³-hybridized carbons (Fsp3) is 0.345. The van der Waals surface area contributed by atoms with E-state index in [0.717, 1.165) is 46.2 Å². The maximum atomic E-state index is 13.5. The molecule has 302 valence electrons. The molecule has 4 heteroatoms. The Balaban J connectivity index is 1.37. The molecule has 5 aromatic carbocycles. The number of fused-ring (bicyclic) bond motifs is 6. The van der Waals surface area contributed by atoms with Crippen molar-refractivity contribution in [3.8, 4) is 28.1 Å². The number of para-hydroxylation sites is 2. The van der Waals surface area contributed by atoms with Crippen LogP contribution in [0.2, 0.25) is 0 Å². The number of ketones is 1. The van der Waals surface area contributed by atoms with E-state index in [0.29, 0.717) is 5.92 Å². The first-order valence-corrected chi connectivity index (χ1v) is 21.6. The van der Waals surface area contributed by atoms with Crippen LogP contribution in [0.15, 0.2) is 127 Å². The summed E-state index contributed by atoms with van der Waals surface area (Å²) in [6.45, 7) is 23.8. The molecular weight excluding hydrogens is 721 g/mol. The highest BCUT2D eigenvalue weighted by Gasteiger charge is 2.37. The number of ether oxygens (including phenoxy) is 1. The number of hydrogen-bond donors (Lipinski definition) is 0. The van der Waals surface area contributed by atoms with E-state index in [-0.39, 0.29) is 28.6 Å². The predicted molar refractivity (Wildman–Crippen MR) is 248 cm³/mol. The van der Waals surface area contributed by atoms with Crippen molar-refractivity contribution in [1.29, 1.82) is 0 Å². The minimum absolute atomic E-state index is 0.0300. The molecule has 7 aromatic rings. The van der Waals surface area contributed by atoms with E-state index in [1.165, 1.54) is 49.7 Å². The van der Waals surface area contributed by atoms with Crippen LogP contribution >= 0.6 is 0 Å². The largest absolute Gasteiger partial charge is 0.494 e. The average molecular weight is 781 g/mol. The first-order chi connectivity index (χ1) is 28.0. The van der Waals surface area contributed by atoms with Gasteiger partial charge in [-0.3, -0.25) is 9.78 Å². The highest BCUT2D eigenvalue weighted by Crippen LogP contribution is 2.50. The summed E-state index contributed by atoms with van der Waals surface area (Å²) in [4.78, 5) is 18.6. The van der Waals surface area contributed by atoms with Crippen molar-refractivity contribution < 1.29 is 9.53 Å². The zero-order valence-corrected chi connectivity index (χ0v) is 36.9. The second-order valence-corrected chi connectivity index (χ2v) is 19.4. The van der Waals surface area contributed by atoms with Crippen LogP contribution in [-0.2, 0) is 14.9 Å². The van der Waals surface area contributed by atoms with Gasteiger partial charge in [-0.15, -0.1) is 0 Å². The summed E-state index contributed by atoms with van der Waals surface area (Å²) in [7, 11) is 0. The molecule has 2 aromatic heterocycles. The van der Waals surface area contributed by atoms with Gasteiger partial charge in [-0.05, 0) is 82.4 Å². The van der Waals surface area contributed by atoms with Crippen molar-refractivity contribution in [2.75, 3.05) is 0 Å². The van der Waals surface area contributed by atoms with E-state index < -0.39 is 5.41 Å². The molecule has 1 aliphatic rings. The van der Waals surface area contributed by atoms with Gasteiger partial charge >= 0.3 is 0 Å². The first-order valence-electron chi connectivity index (χ1n) is 21.6. The highest BCUT2D eigenvalue weighted by atomic mass is 16.5. The molecule has 2 atom stereocenters. The van der Waals surface area contributed by atoms with Crippen LogP contribution in [0.3, 0.4) is 0 Å². The monoisotopic (exact) mass is 780 g/mol. The van der Waals surface area contributed by atoms with Gasteiger partial charge in [0.1, 0.15) is 11.9 Å². The molecule has 0 saturated heterocycles. The molecule has 0 spiro atoms. The van der Waals surface area contributed by atoms with Gasteiger partial charge in [-0.25, -0.2) is 0 Å². The number of carbonyl (C=O) groups excluding carboxylic acids is 1. The fourth-order valence-corrected chi connectivity index (χ4v) is 9.62. The Morgan fingerprint density at radius 3 is 2.14 bits per heavy atom. The van der Waals surface area contributed by atoms with Gasteiger partial charge in [-0.2, -0.15) is 0 Å². The zero-order valence-electron chi connectivity index (χ0n) is 36.9. The van der Waals surface area contributed by atoms with Gasteiger partial charge in [0.05, 0.1) is 22.4 Å². The van der Waals surface area contributed by atoms with Crippen molar-refractivity contribution in [3.63, 3.8) is 0 Å². The van der Waals surface area contributed by atoms with Crippen LogP contribution in [0, 0.1) is 16.7 Å². The number of carbonyl (C=O) groups is 1. The summed E-state index contributed by atoms with van der Waals surface area (Å²) in [5.74, 6) is 1.16. The summed E-state index contributed by atoms with van der Waals surface area (Å²) in [5, 5.41) is 4.82. The average Bonchev–Trinajstić information content (AvgIpc) is 3.55. The standard InChI is InChI=1S/C55H60N2O2/c1-12-35(13-2)50(34(3)59-49(54(7,8)9)33-48(58)53(4,5)6)41-27-26-37(30-42(41)51-39-21-15-14-20-36(39)28-29-56-51)38-31-43-40-22-16-18-24-46(40)57-47-25-19-17-23-44(47)55(10,11)45(32-38)52(43)57/h14-35,50H,12-13H2,1-11H3/b49-33-/t34?,50-/m1/s1. The molecular formula is C55H60N2O2. The van der Waals surface area contributed by atoms with Crippen LogP contribution in [0.4, 0.5) is 0 Å².